The summed E-state index contributed by atoms with van der Waals surface area (Å²) >= 11 is 0. The van der Waals surface area contributed by atoms with Gasteiger partial charge in [0.05, 0.1) is 5.75 Å². The number of sulfone groups is 1. The van der Waals surface area contributed by atoms with Crippen LogP contribution in [0.1, 0.15) is 16.6 Å². The second-order valence-electron chi connectivity index (χ2n) is 4.02. The third-order valence-electron chi connectivity index (χ3n) is 2.59. The van der Waals surface area contributed by atoms with Crippen LogP contribution < -0.4 is 0 Å². The van der Waals surface area contributed by atoms with E-state index in [1.165, 1.54) is 12.1 Å². The second kappa shape index (κ2) is 5.31. The van der Waals surface area contributed by atoms with Crippen LogP contribution in [0, 0.1) is 0 Å². The highest BCUT2D eigenvalue weighted by atomic mass is 32.2. The number of rotatable bonds is 4. The topological polar surface area (TPSA) is 34.1 Å². The van der Waals surface area contributed by atoms with Crippen LogP contribution in [0.15, 0.2) is 60.7 Å². The number of hydrogen-bond donors (Lipinski definition) is 0. The highest BCUT2D eigenvalue weighted by Crippen LogP contribution is 2.26. The predicted octanol–water partition coefficient (Wildman–Crippen LogP) is 3.27. The van der Waals surface area contributed by atoms with E-state index in [1.54, 1.807) is 48.5 Å². The average Bonchev–Trinajstić information content (AvgIpc) is 2.39. The van der Waals surface area contributed by atoms with Crippen molar-refractivity contribution in [2.45, 2.75) is 11.3 Å². The smallest absolute Gasteiger partial charge is 0.225 e. The van der Waals surface area contributed by atoms with Gasteiger partial charge in [-0.25, -0.2) is 12.8 Å². The number of alkyl halides is 1. The summed E-state index contributed by atoms with van der Waals surface area (Å²) in [6.45, 7) is 0. The van der Waals surface area contributed by atoms with Gasteiger partial charge in [-0.1, -0.05) is 60.7 Å². The lowest BCUT2D eigenvalue weighted by Crippen LogP contribution is -2.11. The Bertz CT molecular complexity index is 594. The van der Waals surface area contributed by atoms with Crippen molar-refractivity contribution in [3.05, 3.63) is 71.8 Å². The lowest BCUT2D eigenvalue weighted by molar-refractivity contribution is 0.430. The molecular formula is C14H13FO2S. The summed E-state index contributed by atoms with van der Waals surface area (Å²) in [5.41, 5.74) is -1.21. The molecule has 0 aromatic heterocycles. The molecule has 0 amide bonds. The van der Waals surface area contributed by atoms with Gasteiger partial charge in [-0.2, -0.15) is 0 Å². The molecule has 0 spiro atoms. The first-order chi connectivity index (χ1) is 8.59. The van der Waals surface area contributed by atoms with Crippen LogP contribution in [-0.4, -0.2) is 8.42 Å². The SMILES string of the molecule is O=S(=O)(Cc1ccccc1)C(F)c1ccccc1. The molecule has 0 saturated heterocycles. The van der Waals surface area contributed by atoms with Crippen molar-refractivity contribution < 1.29 is 12.8 Å². The van der Waals surface area contributed by atoms with Crippen LogP contribution in [0.3, 0.4) is 0 Å². The van der Waals surface area contributed by atoms with Crippen molar-refractivity contribution in [2.24, 2.45) is 0 Å². The van der Waals surface area contributed by atoms with Crippen LogP contribution in [0.2, 0.25) is 0 Å². The summed E-state index contributed by atoms with van der Waals surface area (Å²) < 4.78 is 37.9. The van der Waals surface area contributed by atoms with E-state index in [2.05, 4.69) is 0 Å². The minimum Gasteiger partial charge on any atom is -0.225 e. The molecule has 94 valence electrons. The van der Waals surface area contributed by atoms with Gasteiger partial charge in [0, 0.05) is 5.56 Å². The molecule has 2 rings (SSSR count). The maximum absolute atomic E-state index is 14.0. The fraction of sp³-hybridized carbons (Fsp3) is 0.143. The van der Waals surface area contributed by atoms with Crippen molar-refractivity contribution in [2.75, 3.05) is 0 Å². The number of hydrogen-bond acceptors (Lipinski definition) is 2. The van der Waals surface area contributed by atoms with Gasteiger partial charge in [0.1, 0.15) is 0 Å². The molecule has 0 bridgehead atoms. The molecule has 0 radical (unpaired) electrons. The van der Waals surface area contributed by atoms with E-state index in [0.717, 1.165) is 0 Å². The zero-order chi connectivity index (χ0) is 13.0. The van der Waals surface area contributed by atoms with E-state index in [1.807, 2.05) is 0 Å². The van der Waals surface area contributed by atoms with Crippen molar-refractivity contribution in [1.82, 2.24) is 0 Å². The number of halogens is 1. The number of benzene rings is 2. The summed E-state index contributed by atoms with van der Waals surface area (Å²) in [6.07, 6.45) is 0. The molecule has 1 unspecified atom stereocenters. The molecule has 2 aromatic rings. The van der Waals surface area contributed by atoms with Crippen LogP contribution in [0.25, 0.3) is 0 Å². The maximum Gasteiger partial charge on any atom is 0.226 e. The molecule has 4 heteroatoms. The summed E-state index contributed by atoms with van der Waals surface area (Å²) in [5.74, 6) is -0.288. The van der Waals surface area contributed by atoms with Gasteiger partial charge in [0.25, 0.3) is 0 Å². The van der Waals surface area contributed by atoms with E-state index in [-0.39, 0.29) is 11.3 Å². The molecule has 0 N–H and O–H groups in total. The molecule has 0 saturated carbocycles. The van der Waals surface area contributed by atoms with Gasteiger partial charge in [-0.15, -0.1) is 0 Å². The molecule has 0 aliphatic heterocycles. The Balaban J connectivity index is 2.22. The molecule has 0 fully saturated rings. The van der Waals surface area contributed by atoms with Gasteiger partial charge in [-0.05, 0) is 5.56 Å². The molecule has 2 aromatic carbocycles. The van der Waals surface area contributed by atoms with Gasteiger partial charge < -0.3 is 0 Å². The van der Waals surface area contributed by atoms with E-state index < -0.39 is 15.3 Å². The standard InChI is InChI=1S/C14H13FO2S/c15-14(13-9-5-2-6-10-13)18(16,17)11-12-7-3-1-4-8-12/h1-10,14H,11H2. The maximum atomic E-state index is 14.0. The molecule has 2 nitrogen and oxygen atoms in total. The third kappa shape index (κ3) is 2.96. The Hall–Kier alpha value is -1.68. The third-order valence-corrected chi connectivity index (χ3v) is 4.23. The van der Waals surface area contributed by atoms with Crippen molar-refractivity contribution >= 4 is 9.84 Å². The molecular weight excluding hydrogens is 251 g/mol. The largest absolute Gasteiger partial charge is 0.226 e. The van der Waals surface area contributed by atoms with E-state index in [0.29, 0.717) is 5.56 Å². The highest BCUT2D eigenvalue weighted by Gasteiger charge is 2.26. The van der Waals surface area contributed by atoms with Crippen molar-refractivity contribution in [3.63, 3.8) is 0 Å². The normalized spacial score (nSPS) is 13.2. The first kappa shape index (κ1) is 12.8. The lowest BCUT2D eigenvalue weighted by atomic mass is 10.2. The summed E-state index contributed by atoms with van der Waals surface area (Å²) in [6, 6.07) is 16.5. The van der Waals surface area contributed by atoms with Gasteiger partial charge in [-0.3, -0.25) is 0 Å². The monoisotopic (exact) mass is 264 g/mol. The summed E-state index contributed by atoms with van der Waals surface area (Å²) in [4.78, 5) is 0. The zero-order valence-corrected chi connectivity index (χ0v) is 10.5. The fourth-order valence-corrected chi connectivity index (χ4v) is 3.07. The summed E-state index contributed by atoms with van der Waals surface area (Å²) in [5, 5.41) is 0. The molecule has 0 heterocycles. The van der Waals surface area contributed by atoms with E-state index >= 15 is 0 Å². The van der Waals surface area contributed by atoms with Crippen molar-refractivity contribution in [1.29, 1.82) is 0 Å². The Morgan fingerprint density at radius 1 is 0.889 bits per heavy atom. The Kier molecular flexibility index (Phi) is 3.77. The Morgan fingerprint density at radius 2 is 1.39 bits per heavy atom. The minimum atomic E-state index is -3.83. The van der Waals surface area contributed by atoms with Crippen LogP contribution in [0.4, 0.5) is 4.39 Å². The van der Waals surface area contributed by atoms with Crippen LogP contribution in [-0.2, 0) is 15.6 Å². The first-order valence-electron chi connectivity index (χ1n) is 5.54. The van der Waals surface area contributed by atoms with Gasteiger partial charge in [0.15, 0.2) is 9.84 Å². The van der Waals surface area contributed by atoms with Crippen LogP contribution >= 0.6 is 0 Å². The van der Waals surface area contributed by atoms with Crippen molar-refractivity contribution in [3.8, 4) is 0 Å². The van der Waals surface area contributed by atoms with Crippen LogP contribution in [0.5, 0.6) is 0 Å². The second-order valence-corrected chi connectivity index (χ2v) is 6.05. The zero-order valence-electron chi connectivity index (χ0n) is 9.66. The molecule has 1 atom stereocenters. The minimum absolute atomic E-state index is 0.174. The lowest BCUT2D eigenvalue weighted by Gasteiger charge is -2.10. The first-order valence-corrected chi connectivity index (χ1v) is 7.25. The fourth-order valence-electron chi connectivity index (χ4n) is 1.69. The Morgan fingerprint density at radius 3 is 1.94 bits per heavy atom. The van der Waals surface area contributed by atoms with Gasteiger partial charge in [0.2, 0.25) is 5.50 Å². The molecule has 0 aliphatic rings. The van der Waals surface area contributed by atoms with E-state index in [9.17, 15) is 12.8 Å². The highest BCUT2D eigenvalue weighted by molar-refractivity contribution is 7.90. The average molecular weight is 264 g/mol. The summed E-state index contributed by atoms with van der Waals surface area (Å²) in [7, 11) is -3.83. The molecule has 0 aliphatic carbocycles. The predicted molar refractivity (Wildman–Crippen MR) is 69.4 cm³/mol. The quantitative estimate of drug-likeness (QED) is 0.849. The Labute approximate surface area is 106 Å². The molecule has 18 heavy (non-hydrogen) atoms. The van der Waals surface area contributed by atoms with E-state index in [4.69, 9.17) is 0 Å². The van der Waals surface area contributed by atoms with Gasteiger partial charge >= 0.3 is 0 Å².